The summed E-state index contributed by atoms with van der Waals surface area (Å²) in [6.07, 6.45) is 6.54. The van der Waals surface area contributed by atoms with Crippen LogP contribution >= 0.6 is 22.9 Å². The molecule has 27 heavy (non-hydrogen) atoms. The Balaban J connectivity index is 1.49. The van der Waals surface area contributed by atoms with Gasteiger partial charge in [-0.3, -0.25) is 9.89 Å². The fourth-order valence-electron chi connectivity index (χ4n) is 4.01. The second-order valence-electron chi connectivity index (χ2n) is 7.09. The Bertz CT molecular complexity index is 927. The predicted octanol–water partition coefficient (Wildman–Crippen LogP) is 5.38. The molecular weight excluding hydrogens is 378 g/mol. The Hall–Kier alpha value is -2.11. The maximum atomic E-state index is 13.0. The predicted molar refractivity (Wildman–Crippen MR) is 110 cm³/mol. The van der Waals surface area contributed by atoms with Gasteiger partial charge in [0, 0.05) is 40.1 Å². The Morgan fingerprint density at radius 3 is 2.78 bits per heavy atom. The van der Waals surface area contributed by atoms with Crippen LogP contribution in [0.5, 0.6) is 0 Å². The topological polar surface area (TPSA) is 49.0 Å². The molecule has 1 fully saturated rings. The number of piperidine rings is 1. The van der Waals surface area contributed by atoms with Crippen LogP contribution in [0.1, 0.15) is 42.1 Å². The number of H-pyrrole nitrogens is 1. The first-order valence-electron chi connectivity index (χ1n) is 9.25. The minimum absolute atomic E-state index is 0.0612. The molecule has 1 saturated heterocycles. The number of carbonyl (C=O) groups is 1. The number of hydrogen-bond donors (Lipinski definition) is 1. The number of aromatic nitrogens is 2. The molecule has 3 aromatic rings. The van der Waals surface area contributed by atoms with Gasteiger partial charge < -0.3 is 4.90 Å². The van der Waals surface area contributed by atoms with Crippen molar-refractivity contribution >= 4 is 28.8 Å². The molecule has 1 N–H and O–H groups in total. The van der Waals surface area contributed by atoms with Crippen LogP contribution in [0.25, 0.3) is 10.4 Å². The number of benzene rings is 1. The van der Waals surface area contributed by atoms with Gasteiger partial charge in [0.15, 0.2) is 0 Å². The number of thiophene rings is 1. The lowest BCUT2D eigenvalue weighted by Gasteiger charge is -2.42. The zero-order chi connectivity index (χ0) is 18.9. The lowest BCUT2D eigenvalue weighted by atomic mass is 9.71. The van der Waals surface area contributed by atoms with Crippen LogP contribution in [0.2, 0.25) is 5.02 Å². The lowest BCUT2D eigenvalue weighted by molar-refractivity contribution is 0.0663. The van der Waals surface area contributed by atoms with E-state index in [1.54, 1.807) is 17.5 Å². The van der Waals surface area contributed by atoms with Gasteiger partial charge in [-0.1, -0.05) is 36.7 Å². The van der Waals surface area contributed by atoms with Crippen molar-refractivity contribution < 1.29 is 4.79 Å². The second-order valence-corrected chi connectivity index (χ2v) is 8.41. The molecule has 1 aromatic carbocycles. The number of carbonyl (C=O) groups excluding carboxylic acids is 1. The standard InChI is InChI=1S/C21H22ClN3OS/c1-2-21(17-5-3-4-6-18(17)22)7-9-25(10-8-21)20(26)15-11-19(27-14-15)16-12-23-24-13-16/h3-6,11-14H,2,7-10H2,1H3,(H,23,24). The van der Waals surface area contributed by atoms with Crippen LogP contribution in [0, 0.1) is 0 Å². The molecule has 4 nitrogen and oxygen atoms in total. The zero-order valence-electron chi connectivity index (χ0n) is 15.2. The third-order valence-electron chi connectivity index (χ3n) is 5.76. The van der Waals surface area contributed by atoms with Crippen molar-refractivity contribution in [2.75, 3.05) is 13.1 Å². The molecule has 0 bridgehead atoms. The molecule has 0 unspecified atom stereocenters. The number of likely N-dealkylation sites (tertiary alicyclic amines) is 1. The number of rotatable bonds is 4. The quantitative estimate of drug-likeness (QED) is 0.640. The maximum Gasteiger partial charge on any atom is 0.254 e. The van der Waals surface area contributed by atoms with E-state index in [1.807, 2.05) is 34.7 Å². The van der Waals surface area contributed by atoms with Gasteiger partial charge in [-0.05, 0) is 42.4 Å². The van der Waals surface area contributed by atoms with Crippen LogP contribution in [0.4, 0.5) is 0 Å². The van der Waals surface area contributed by atoms with Crippen LogP contribution in [-0.2, 0) is 5.41 Å². The molecule has 140 valence electrons. The monoisotopic (exact) mass is 399 g/mol. The van der Waals surface area contributed by atoms with E-state index in [0.717, 1.165) is 53.4 Å². The van der Waals surface area contributed by atoms with Crippen molar-refractivity contribution in [3.63, 3.8) is 0 Å². The Labute approximate surface area is 168 Å². The molecule has 1 aliphatic rings. The molecule has 0 atom stereocenters. The van der Waals surface area contributed by atoms with Crippen LogP contribution in [-0.4, -0.2) is 34.1 Å². The fraction of sp³-hybridized carbons (Fsp3) is 0.333. The average Bonchev–Trinajstić information content (AvgIpc) is 3.39. The van der Waals surface area contributed by atoms with Gasteiger partial charge in [-0.25, -0.2) is 0 Å². The first-order valence-corrected chi connectivity index (χ1v) is 10.5. The second kappa shape index (κ2) is 7.49. The van der Waals surface area contributed by atoms with Crippen LogP contribution < -0.4 is 0 Å². The van der Waals surface area contributed by atoms with Crippen LogP contribution in [0.3, 0.4) is 0 Å². The first kappa shape index (κ1) is 18.3. The number of halogens is 1. The highest BCUT2D eigenvalue weighted by Crippen LogP contribution is 2.42. The number of hydrogen-bond acceptors (Lipinski definition) is 3. The largest absolute Gasteiger partial charge is 0.339 e. The van der Waals surface area contributed by atoms with E-state index in [-0.39, 0.29) is 11.3 Å². The molecule has 0 aliphatic carbocycles. The summed E-state index contributed by atoms with van der Waals surface area (Å²) in [6, 6.07) is 10.1. The van der Waals surface area contributed by atoms with E-state index in [2.05, 4.69) is 29.3 Å². The Morgan fingerprint density at radius 2 is 2.11 bits per heavy atom. The summed E-state index contributed by atoms with van der Waals surface area (Å²) in [7, 11) is 0. The smallest absolute Gasteiger partial charge is 0.254 e. The summed E-state index contributed by atoms with van der Waals surface area (Å²) >= 11 is 8.06. The van der Waals surface area contributed by atoms with E-state index < -0.39 is 0 Å². The number of aromatic amines is 1. The van der Waals surface area contributed by atoms with E-state index in [1.165, 1.54) is 5.56 Å². The van der Waals surface area contributed by atoms with Crippen molar-refractivity contribution in [2.45, 2.75) is 31.6 Å². The summed E-state index contributed by atoms with van der Waals surface area (Å²) in [5.41, 5.74) is 3.06. The maximum absolute atomic E-state index is 13.0. The minimum atomic E-state index is 0.0612. The molecule has 0 radical (unpaired) electrons. The molecule has 1 aliphatic heterocycles. The number of nitrogens with zero attached hydrogens (tertiary/aromatic N) is 2. The van der Waals surface area contributed by atoms with Crippen molar-refractivity contribution in [2.24, 2.45) is 0 Å². The van der Waals surface area contributed by atoms with Crippen molar-refractivity contribution in [1.29, 1.82) is 0 Å². The highest BCUT2D eigenvalue weighted by Gasteiger charge is 2.37. The summed E-state index contributed by atoms with van der Waals surface area (Å²) in [5, 5.41) is 9.58. The molecule has 0 saturated carbocycles. The molecule has 2 aromatic heterocycles. The molecule has 4 rings (SSSR count). The fourth-order valence-corrected chi connectivity index (χ4v) is 5.21. The zero-order valence-corrected chi connectivity index (χ0v) is 16.8. The molecule has 0 spiro atoms. The Kier molecular flexibility index (Phi) is 5.06. The Morgan fingerprint density at radius 1 is 1.33 bits per heavy atom. The molecular formula is C21H22ClN3OS. The van der Waals surface area contributed by atoms with Gasteiger partial charge in [-0.15, -0.1) is 11.3 Å². The molecule has 6 heteroatoms. The highest BCUT2D eigenvalue weighted by molar-refractivity contribution is 7.13. The highest BCUT2D eigenvalue weighted by atomic mass is 35.5. The summed E-state index contributed by atoms with van der Waals surface area (Å²) in [4.78, 5) is 16.0. The van der Waals surface area contributed by atoms with E-state index in [9.17, 15) is 4.79 Å². The van der Waals surface area contributed by atoms with Gasteiger partial charge >= 0.3 is 0 Å². The average molecular weight is 400 g/mol. The van der Waals surface area contributed by atoms with Crippen LogP contribution in [0.15, 0.2) is 48.1 Å². The lowest BCUT2D eigenvalue weighted by Crippen LogP contribution is -2.45. The van der Waals surface area contributed by atoms with Gasteiger partial charge in [0.1, 0.15) is 0 Å². The van der Waals surface area contributed by atoms with E-state index in [4.69, 9.17) is 11.6 Å². The van der Waals surface area contributed by atoms with Gasteiger partial charge in [0.05, 0.1) is 11.8 Å². The van der Waals surface area contributed by atoms with E-state index in [0.29, 0.717) is 0 Å². The van der Waals surface area contributed by atoms with Gasteiger partial charge in [0.25, 0.3) is 5.91 Å². The molecule has 1 amide bonds. The van der Waals surface area contributed by atoms with Crippen molar-refractivity contribution in [1.82, 2.24) is 15.1 Å². The van der Waals surface area contributed by atoms with Crippen molar-refractivity contribution in [3.8, 4) is 10.4 Å². The third-order valence-corrected chi connectivity index (χ3v) is 7.07. The first-order chi connectivity index (χ1) is 13.1. The number of amides is 1. The van der Waals surface area contributed by atoms with Gasteiger partial charge in [0.2, 0.25) is 0 Å². The summed E-state index contributed by atoms with van der Waals surface area (Å²) in [5.74, 6) is 0.116. The van der Waals surface area contributed by atoms with Crippen molar-refractivity contribution in [3.05, 3.63) is 64.3 Å². The summed E-state index contributed by atoms with van der Waals surface area (Å²) < 4.78 is 0. The van der Waals surface area contributed by atoms with Gasteiger partial charge in [-0.2, -0.15) is 5.10 Å². The normalized spacial score (nSPS) is 16.4. The number of nitrogens with one attached hydrogen (secondary N) is 1. The SMILES string of the molecule is CCC1(c2ccccc2Cl)CCN(C(=O)c2csc(-c3cn[nH]c3)c2)CC1. The summed E-state index contributed by atoms with van der Waals surface area (Å²) in [6.45, 7) is 3.74. The third kappa shape index (κ3) is 3.42. The minimum Gasteiger partial charge on any atom is -0.339 e. The van der Waals surface area contributed by atoms with E-state index >= 15 is 0 Å². The molecule has 3 heterocycles.